The third-order valence-electron chi connectivity index (χ3n) is 2.76. The highest BCUT2D eigenvalue weighted by atomic mass is 16.1. The van der Waals surface area contributed by atoms with Crippen LogP contribution in [-0.4, -0.2) is 5.91 Å². The maximum Gasteiger partial charge on any atom is 0.255 e. The van der Waals surface area contributed by atoms with Gasteiger partial charge in [0.25, 0.3) is 5.91 Å². The summed E-state index contributed by atoms with van der Waals surface area (Å²) in [5, 5.41) is 5.06. The maximum atomic E-state index is 11.9. The predicted molar refractivity (Wildman–Crippen MR) is 70.8 cm³/mol. The molecule has 0 radical (unpaired) electrons. The lowest BCUT2D eigenvalue weighted by molar-refractivity contribution is 0.0966. The zero-order valence-electron chi connectivity index (χ0n) is 10.0. The third-order valence-corrected chi connectivity index (χ3v) is 2.76. The molecule has 0 saturated heterocycles. The molecule has 0 heterocycles. The molecule has 0 aromatic heterocycles. The van der Waals surface area contributed by atoms with E-state index in [1.54, 1.807) is 0 Å². The summed E-state index contributed by atoms with van der Waals surface area (Å²) in [4.78, 5) is 11.9. The van der Waals surface area contributed by atoms with Gasteiger partial charge in [-0.3, -0.25) is 4.79 Å². The molecule has 1 N–H and O–H groups in total. The summed E-state index contributed by atoms with van der Waals surface area (Å²) in [6.07, 6.45) is 1.87. The predicted octanol–water partition coefficient (Wildman–Crippen LogP) is 3.49. The monoisotopic (exact) mass is 225 g/mol. The zero-order chi connectivity index (χ0) is 12.3. The number of hydrogen-bond donors (Lipinski definition) is 1. The van der Waals surface area contributed by atoms with Gasteiger partial charge in [-0.1, -0.05) is 36.4 Å². The van der Waals surface area contributed by atoms with Crippen molar-refractivity contribution in [2.45, 2.75) is 13.8 Å². The molecule has 2 aromatic carbocycles. The van der Waals surface area contributed by atoms with Crippen molar-refractivity contribution in [2.24, 2.45) is 0 Å². The first-order valence-electron chi connectivity index (χ1n) is 5.64. The fourth-order valence-corrected chi connectivity index (χ4v) is 1.65. The summed E-state index contributed by atoms with van der Waals surface area (Å²) < 4.78 is 0. The molecule has 0 fully saturated rings. The number of fused-ring (bicyclic) bond motifs is 1. The van der Waals surface area contributed by atoms with Gasteiger partial charge in [0.15, 0.2) is 0 Å². The first kappa shape index (κ1) is 11.4. The van der Waals surface area contributed by atoms with Crippen LogP contribution in [0.4, 0.5) is 0 Å². The Hall–Kier alpha value is -2.09. The number of nitrogens with one attached hydrogen (secondary N) is 1. The molecule has 1 amide bonds. The minimum absolute atomic E-state index is 0.0636. The van der Waals surface area contributed by atoms with Gasteiger partial charge in [-0.15, -0.1) is 0 Å². The molecule has 0 atom stereocenters. The van der Waals surface area contributed by atoms with E-state index in [2.05, 4.69) is 5.32 Å². The summed E-state index contributed by atoms with van der Waals surface area (Å²) in [7, 11) is 0. The van der Waals surface area contributed by atoms with E-state index in [9.17, 15) is 4.79 Å². The number of allylic oxidation sites excluding steroid dienone is 2. The summed E-state index contributed by atoms with van der Waals surface area (Å²) >= 11 is 0. The SMILES string of the molecule is C/C=C(\C)NC(=O)c1ccc2ccccc2c1. The van der Waals surface area contributed by atoms with Gasteiger partial charge in [0.1, 0.15) is 0 Å². The first-order valence-corrected chi connectivity index (χ1v) is 5.64. The van der Waals surface area contributed by atoms with E-state index < -0.39 is 0 Å². The Bertz CT molecular complexity index is 584. The lowest BCUT2D eigenvalue weighted by Gasteiger charge is -2.06. The molecular formula is C15H15NO. The molecule has 2 rings (SSSR count). The van der Waals surface area contributed by atoms with Gasteiger partial charge in [0.2, 0.25) is 0 Å². The van der Waals surface area contributed by atoms with Crippen LogP contribution in [0.15, 0.2) is 54.2 Å². The Morgan fingerprint density at radius 3 is 2.53 bits per heavy atom. The molecule has 0 unspecified atom stereocenters. The van der Waals surface area contributed by atoms with E-state index >= 15 is 0 Å². The molecule has 0 aliphatic carbocycles. The molecule has 2 heteroatoms. The summed E-state index contributed by atoms with van der Waals surface area (Å²) in [5.41, 5.74) is 1.55. The second-order valence-electron chi connectivity index (χ2n) is 3.99. The van der Waals surface area contributed by atoms with Crippen molar-refractivity contribution in [1.82, 2.24) is 5.32 Å². The van der Waals surface area contributed by atoms with Crippen LogP contribution in [0.3, 0.4) is 0 Å². The van der Waals surface area contributed by atoms with Crippen molar-refractivity contribution < 1.29 is 4.79 Å². The van der Waals surface area contributed by atoms with Crippen LogP contribution in [0.1, 0.15) is 24.2 Å². The number of benzene rings is 2. The average molecular weight is 225 g/mol. The lowest BCUT2D eigenvalue weighted by atomic mass is 10.1. The van der Waals surface area contributed by atoms with E-state index in [0.29, 0.717) is 5.56 Å². The van der Waals surface area contributed by atoms with Crippen molar-refractivity contribution >= 4 is 16.7 Å². The van der Waals surface area contributed by atoms with E-state index in [0.717, 1.165) is 16.5 Å². The summed E-state index contributed by atoms with van der Waals surface area (Å²) in [5.74, 6) is -0.0636. The number of carbonyl (C=O) groups is 1. The highest BCUT2D eigenvalue weighted by Gasteiger charge is 2.05. The van der Waals surface area contributed by atoms with E-state index in [4.69, 9.17) is 0 Å². The van der Waals surface area contributed by atoms with Gasteiger partial charge in [0.05, 0.1) is 0 Å². The molecule has 0 bridgehead atoms. The Morgan fingerprint density at radius 2 is 1.82 bits per heavy atom. The van der Waals surface area contributed by atoms with Crippen LogP contribution in [0.2, 0.25) is 0 Å². The second-order valence-corrected chi connectivity index (χ2v) is 3.99. The minimum Gasteiger partial charge on any atom is -0.326 e. The molecular weight excluding hydrogens is 210 g/mol. The molecule has 0 saturated carbocycles. The quantitative estimate of drug-likeness (QED) is 0.832. The molecule has 0 spiro atoms. The van der Waals surface area contributed by atoms with Gasteiger partial charge in [-0.05, 0) is 36.8 Å². The molecule has 0 aliphatic rings. The molecule has 2 nitrogen and oxygen atoms in total. The van der Waals surface area contributed by atoms with Crippen LogP contribution in [-0.2, 0) is 0 Å². The number of hydrogen-bond acceptors (Lipinski definition) is 1. The van der Waals surface area contributed by atoms with Crippen molar-refractivity contribution in [2.75, 3.05) is 0 Å². The van der Waals surface area contributed by atoms with Crippen LogP contribution >= 0.6 is 0 Å². The molecule has 17 heavy (non-hydrogen) atoms. The standard InChI is InChI=1S/C15H15NO/c1-3-11(2)16-15(17)14-9-8-12-6-4-5-7-13(12)10-14/h3-10H,1-2H3,(H,16,17)/b11-3+. The first-order chi connectivity index (χ1) is 8.20. The van der Waals surface area contributed by atoms with E-state index in [1.165, 1.54) is 0 Å². The fraction of sp³-hybridized carbons (Fsp3) is 0.133. The van der Waals surface area contributed by atoms with Crippen molar-refractivity contribution in [3.05, 3.63) is 59.8 Å². The van der Waals surface area contributed by atoms with Crippen LogP contribution in [0.5, 0.6) is 0 Å². The van der Waals surface area contributed by atoms with Crippen LogP contribution < -0.4 is 5.32 Å². The van der Waals surface area contributed by atoms with Gasteiger partial charge < -0.3 is 5.32 Å². The Labute approximate surface area is 101 Å². The van der Waals surface area contributed by atoms with Gasteiger partial charge in [0, 0.05) is 11.3 Å². The summed E-state index contributed by atoms with van der Waals surface area (Å²) in [6.45, 7) is 3.77. The maximum absolute atomic E-state index is 11.9. The normalized spacial score (nSPS) is 11.5. The highest BCUT2D eigenvalue weighted by molar-refractivity contribution is 5.99. The van der Waals surface area contributed by atoms with Gasteiger partial charge in [-0.25, -0.2) is 0 Å². The average Bonchev–Trinajstić information content (AvgIpc) is 2.38. The number of rotatable bonds is 2. The number of carbonyl (C=O) groups excluding carboxylic acids is 1. The van der Waals surface area contributed by atoms with Gasteiger partial charge >= 0.3 is 0 Å². The minimum atomic E-state index is -0.0636. The molecule has 2 aromatic rings. The van der Waals surface area contributed by atoms with Gasteiger partial charge in [-0.2, -0.15) is 0 Å². The Kier molecular flexibility index (Phi) is 3.24. The van der Waals surface area contributed by atoms with E-state index in [1.807, 2.05) is 62.4 Å². The number of amides is 1. The largest absolute Gasteiger partial charge is 0.326 e. The lowest BCUT2D eigenvalue weighted by Crippen LogP contribution is -2.21. The molecule has 0 aliphatic heterocycles. The topological polar surface area (TPSA) is 29.1 Å². The van der Waals surface area contributed by atoms with Crippen molar-refractivity contribution in [1.29, 1.82) is 0 Å². The highest BCUT2D eigenvalue weighted by Crippen LogP contribution is 2.15. The Balaban J connectivity index is 2.33. The van der Waals surface area contributed by atoms with Crippen molar-refractivity contribution in [3.8, 4) is 0 Å². The molecule has 86 valence electrons. The van der Waals surface area contributed by atoms with Crippen LogP contribution in [0.25, 0.3) is 10.8 Å². The second kappa shape index (κ2) is 4.83. The fourth-order valence-electron chi connectivity index (χ4n) is 1.65. The third kappa shape index (κ3) is 2.53. The van der Waals surface area contributed by atoms with E-state index in [-0.39, 0.29) is 5.91 Å². The zero-order valence-corrected chi connectivity index (χ0v) is 10.0. The van der Waals surface area contributed by atoms with Crippen LogP contribution in [0, 0.1) is 0 Å². The smallest absolute Gasteiger partial charge is 0.255 e. The summed E-state index contributed by atoms with van der Waals surface area (Å²) in [6, 6.07) is 13.7. The van der Waals surface area contributed by atoms with Crippen molar-refractivity contribution in [3.63, 3.8) is 0 Å². The Morgan fingerprint density at radius 1 is 1.12 bits per heavy atom.